The molecule has 0 aromatic heterocycles. The molecule has 1 amide bonds. The lowest BCUT2D eigenvalue weighted by atomic mass is 10.1. The molecule has 1 fully saturated rings. The minimum absolute atomic E-state index is 0.244. The van der Waals surface area contributed by atoms with Gasteiger partial charge in [-0.2, -0.15) is 0 Å². The monoisotopic (exact) mass is 613 g/mol. The number of ether oxygens (including phenoxy) is 2. The number of thiocarbonyl (C=S) groups is 1. The lowest BCUT2D eigenvalue weighted by Crippen LogP contribution is -2.27. The fraction of sp³-hybridized carbons (Fsp3) is 0.0833. The Labute approximate surface area is 229 Å². The van der Waals surface area contributed by atoms with Crippen LogP contribution < -0.4 is 14.4 Å². The number of hydrogen-bond acceptors (Lipinski definition) is 5. The largest absolute Gasteiger partial charge is 0.493 e. The van der Waals surface area contributed by atoms with Gasteiger partial charge in [0.1, 0.15) is 6.61 Å². The molecule has 0 bridgehead atoms. The van der Waals surface area contributed by atoms with Gasteiger partial charge < -0.3 is 9.47 Å². The summed E-state index contributed by atoms with van der Waals surface area (Å²) in [6, 6.07) is 16.0. The molecule has 0 N–H and O–H groups in total. The zero-order chi connectivity index (χ0) is 24.4. The van der Waals surface area contributed by atoms with E-state index in [0.29, 0.717) is 52.6 Å². The summed E-state index contributed by atoms with van der Waals surface area (Å²) in [6.07, 6.45) is 1.76. The first-order valence-electron chi connectivity index (χ1n) is 9.74. The van der Waals surface area contributed by atoms with E-state index >= 15 is 0 Å². The van der Waals surface area contributed by atoms with Gasteiger partial charge >= 0.3 is 0 Å². The maximum Gasteiger partial charge on any atom is 0.270 e. The fourth-order valence-corrected chi connectivity index (χ4v) is 5.46. The van der Waals surface area contributed by atoms with Crippen LogP contribution in [0.2, 0.25) is 15.1 Å². The maximum absolute atomic E-state index is 13.1. The van der Waals surface area contributed by atoms with Crippen LogP contribution in [-0.4, -0.2) is 17.3 Å². The van der Waals surface area contributed by atoms with Crippen LogP contribution in [0.15, 0.2) is 64.0 Å². The third kappa shape index (κ3) is 5.56. The van der Waals surface area contributed by atoms with Gasteiger partial charge in [-0.25, -0.2) is 0 Å². The van der Waals surface area contributed by atoms with Crippen LogP contribution in [0.3, 0.4) is 0 Å². The lowest BCUT2D eigenvalue weighted by Gasteiger charge is -2.15. The second-order valence-corrected chi connectivity index (χ2v) is 10.8. The summed E-state index contributed by atoms with van der Waals surface area (Å²) in [5.41, 5.74) is 2.27. The van der Waals surface area contributed by atoms with Gasteiger partial charge in [-0.1, -0.05) is 70.9 Å². The quantitative estimate of drug-likeness (QED) is 0.206. The van der Waals surface area contributed by atoms with Gasteiger partial charge in [-0.3, -0.25) is 9.69 Å². The fourth-order valence-electron chi connectivity index (χ4n) is 3.17. The first-order valence-corrected chi connectivity index (χ1v) is 12.9. The Morgan fingerprint density at radius 2 is 1.79 bits per heavy atom. The van der Waals surface area contributed by atoms with Crippen molar-refractivity contribution in [3.63, 3.8) is 0 Å². The molecule has 1 aliphatic rings. The molecule has 1 heterocycles. The van der Waals surface area contributed by atoms with Gasteiger partial charge in [0.05, 0.1) is 32.2 Å². The van der Waals surface area contributed by atoms with E-state index in [1.807, 2.05) is 30.3 Å². The molecule has 0 aliphatic carbocycles. The van der Waals surface area contributed by atoms with Crippen LogP contribution in [0.5, 0.6) is 11.5 Å². The smallest absolute Gasteiger partial charge is 0.270 e. The molecule has 4 nitrogen and oxygen atoms in total. The highest BCUT2D eigenvalue weighted by Gasteiger charge is 2.33. The van der Waals surface area contributed by atoms with Crippen molar-refractivity contribution >= 4 is 96.7 Å². The Morgan fingerprint density at radius 3 is 2.47 bits per heavy atom. The zero-order valence-electron chi connectivity index (χ0n) is 17.5. The van der Waals surface area contributed by atoms with Crippen molar-refractivity contribution in [2.24, 2.45) is 0 Å². The summed E-state index contributed by atoms with van der Waals surface area (Å²) in [7, 11) is 1.56. The minimum atomic E-state index is -0.244. The van der Waals surface area contributed by atoms with E-state index in [1.54, 1.807) is 37.5 Å². The molecule has 34 heavy (non-hydrogen) atoms. The Balaban J connectivity index is 1.58. The molecule has 0 unspecified atom stereocenters. The summed E-state index contributed by atoms with van der Waals surface area (Å²) in [4.78, 5) is 15.0. The SMILES string of the molecule is COc1cc(/C=C2\SC(=S)N(c3ccc(Cl)c(Cl)c3)C2=O)cc(Br)c1OCc1ccc(Cl)cc1. The summed E-state index contributed by atoms with van der Waals surface area (Å²) >= 11 is 28.3. The number of rotatable bonds is 6. The van der Waals surface area contributed by atoms with Gasteiger partial charge in [0.25, 0.3) is 5.91 Å². The molecule has 4 rings (SSSR count). The van der Waals surface area contributed by atoms with Gasteiger partial charge in [-0.15, -0.1) is 0 Å². The van der Waals surface area contributed by atoms with Gasteiger partial charge in [0.2, 0.25) is 0 Å². The second kappa shape index (κ2) is 10.9. The number of carbonyl (C=O) groups is 1. The number of methoxy groups -OCH3 is 1. The van der Waals surface area contributed by atoms with Crippen molar-refractivity contribution in [2.75, 3.05) is 12.0 Å². The first kappa shape index (κ1) is 25.4. The predicted octanol–water partition coefficient (Wildman–Crippen LogP) is 8.40. The van der Waals surface area contributed by atoms with E-state index in [9.17, 15) is 4.79 Å². The van der Waals surface area contributed by atoms with E-state index in [-0.39, 0.29) is 5.91 Å². The normalized spacial score (nSPS) is 14.7. The number of carbonyl (C=O) groups excluding carboxylic acids is 1. The van der Waals surface area contributed by atoms with E-state index < -0.39 is 0 Å². The van der Waals surface area contributed by atoms with Crippen molar-refractivity contribution in [2.45, 2.75) is 6.61 Å². The molecule has 1 saturated heterocycles. The molecule has 174 valence electrons. The topological polar surface area (TPSA) is 38.8 Å². The Kier molecular flexibility index (Phi) is 8.12. The average Bonchev–Trinajstić information content (AvgIpc) is 3.08. The maximum atomic E-state index is 13.1. The lowest BCUT2D eigenvalue weighted by molar-refractivity contribution is -0.113. The summed E-state index contributed by atoms with van der Waals surface area (Å²) in [5.74, 6) is 0.832. The van der Waals surface area contributed by atoms with Gasteiger partial charge in [0.15, 0.2) is 15.8 Å². The molecule has 0 radical (unpaired) electrons. The average molecular weight is 616 g/mol. The van der Waals surface area contributed by atoms with Gasteiger partial charge in [0, 0.05) is 5.02 Å². The summed E-state index contributed by atoms with van der Waals surface area (Å²) < 4.78 is 12.6. The summed E-state index contributed by atoms with van der Waals surface area (Å²) in [6.45, 7) is 0.341. The Morgan fingerprint density at radius 1 is 1.06 bits per heavy atom. The molecule has 0 spiro atoms. The molecule has 3 aromatic carbocycles. The number of anilines is 1. The molecule has 10 heteroatoms. The molecular weight excluding hydrogens is 601 g/mol. The second-order valence-electron chi connectivity index (χ2n) is 7.06. The minimum Gasteiger partial charge on any atom is -0.493 e. The van der Waals surface area contributed by atoms with Crippen molar-refractivity contribution in [3.05, 3.63) is 90.2 Å². The Hall–Kier alpha value is -1.74. The number of amides is 1. The number of thioether (sulfide) groups is 1. The van der Waals surface area contributed by atoms with Crippen molar-refractivity contribution in [1.82, 2.24) is 0 Å². The highest BCUT2D eigenvalue weighted by atomic mass is 79.9. The Bertz CT molecular complexity index is 1320. The van der Waals surface area contributed by atoms with Crippen LogP contribution in [0.25, 0.3) is 6.08 Å². The first-order chi connectivity index (χ1) is 16.3. The third-order valence-corrected chi connectivity index (χ3v) is 7.68. The molecule has 1 aliphatic heterocycles. The number of hydrogen-bond donors (Lipinski definition) is 0. The van der Waals surface area contributed by atoms with Crippen LogP contribution >= 0.6 is 74.7 Å². The standard InChI is InChI=1S/C24H15BrCl3NO3S2/c1-31-20-9-14(8-17(25)22(20)32-12-13-2-4-15(26)5-3-13)10-21-23(30)29(24(33)34-21)16-6-7-18(27)19(28)11-16/h2-11H,12H2,1H3/b21-10-. The van der Waals surface area contributed by atoms with E-state index in [0.717, 1.165) is 11.1 Å². The molecule has 3 aromatic rings. The molecule has 0 atom stereocenters. The van der Waals surface area contributed by atoms with E-state index in [2.05, 4.69) is 15.9 Å². The van der Waals surface area contributed by atoms with Crippen LogP contribution in [0.4, 0.5) is 5.69 Å². The van der Waals surface area contributed by atoms with Crippen molar-refractivity contribution in [1.29, 1.82) is 0 Å². The van der Waals surface area contributed by atoms with E-state index in [1.165, 1.54) is 16.7 Å². The third-order valence-electron chi connectivity index (χ3n) is 4.80. The predicted molar refractivity (Wildman–Crippen MR) is 149 cm³/mol. The molecular formula is C24H15BrCl3NO3S2. The van der Waals surface area contributed by atoms with Gasteiger partial charge in [-0.05, 0) is 75.6 Å². The van der Waals surface area contributed by atoms with E-state index in [4.69, 9.17) is 56.5 Å². The highest BCUT2D eigenvalue weighted by molar-refractivity contribution is 9.10. The van der Waals surface area contributed by atoms with Crippen LogP contribution in [0, 0.1) is 0 Å². The number of benzene rings is 3. The highest BCUT2D eigenvalue weighted by Crippen LogP contribution is 2.41. The zero-order valence-corrected chi connectivity index (χ0v) is 23.0. The van der Waals surface area contributed by atoms with Crippen LogP contribution in [-0.2, 0) is 11.4 Å². The van der Waals surface area contributed by atoms with Crippen molar-refractivity contribution in [3.8, 4) is 11.5 Å². The number of nitrogens with zero attached hydrogens (tertiary/aromatic N) is 1. The van der Waals surface area contributed by atoms with Crippen LogP contribution in [0.1, 0.15) is 11.1 Å². The van der Waals surface area contributed by atoms with Crippen molar-refractivity contribution < 1.29 is 14.3 Å². The molecule has 0 saturated carbocycles. The number of halogens is 4. The summed E-state index contributed by atoms with van der Waals surface area (Å²) in [5, 5.41) is 1.42.